The minimum absolute atomic E-state index is 0.0893. The van der Waals surface area contributed by atoms with Crippen molar-refractivity contribution in [2.24, 2.45) is 0 Å². The molecule has 1 N–H and O–H groups in total. The van der Waals surface area contributed by atoms with Crippen molar-refractivity contribution in [2.75, 3.05) is 13.1 Å². The molecule has 3 rings (SSSR count). The van der Waals surface area contributed by atoms with Crippen molar-refractivity contribution in [2.45, 2.75) is 38.8 Å². The normalized spacial score (nSPS) is 19.7. The standard InChI is InChI=1S/C16H21N3O2/c1-11(2)19-13-7-4-3-6-12(13)17-16(19)14-8-5-9-18(14)10-15(20)21/h3-4,6-7,11,14H,5,8-10H2,1-2H3,(H,20,21). The van der Waals surface area contributed by atoms with Gasteiger partial charge in [-0.2, -0.15) is 0 Å². The van der Waals surface area contributed by atoms with E-state index in [-0.39, 0.29) is 12.6 Å². The Morgan fingerprint density at radius 2 is 2.19 bits per heavy atom. The Labute approximate surface area is 124 Å². The second-order valence-electron chi connectivity index (χ2n) is 5.94. The number of aromatic nitrogens is 2. The topological polar surface area (TPSA) is 58.4 Å². The van der Waals surface area contributed by atoms with Gasteiger partial charge in [0, 0.05) is 6.04 Å². The van der Waals surface area contributed by atoms with E-state index in [0.29, 0.717) is 6.04 Å². The lowest BCUT2D eigenvalue weighted by atomic mass is 10.2. The van der Waals surface area contributed by atoms with Gasteiger partial charge in [0.25, 0.3) is 0 Å². The van der Waals surface area contributed by atoms with Crippen LogP contribution in [0.15, 0.2) is 24.3 Å². The third-order valence-corrected chi connectivity index (χ3v) is 4.14. The first-order chi connectivity index (χ1) is 10.1. The van der Waals surface area contributed by atoms with Crippen LogP contribution in [-0.2, 0) is 4.79 Å². The van der Waals surface area contributed by atoms with Gasteiger partial charge in [0.2, 0.25) is 0 Å². The summed E-state index contributed by atoms with van der Waals surface area (Å²) in [5.74, 6) is 0.235. The predicted molar refractivity (Wildman–Crippen MR) is 81.3 cm³/mol. The van der Waals surface area contributed by atoms with E-state index in [9.17, 15) is 4.79 Å². The first kappa shape index (κ1) is 14.1. The second-order valence-corrected chi connectivity index (χ2v) is 5.94. The fourth-order valence-corrected chi connectivity index (χ4v) is 3.32. The van der Waals surface area contributed by atoms with E-state index in [2.05, 4.69) is 24.5 Å². The van der Waals surface area contributed by atoms with Gasteiger partial charge in [-0.05, 0) is 45.4 Å². The van der Waals surface area contributed by atoms with Crippen LogP contribution in [0.3, 0.4) is 0 Å². The Bertz CT molecular complexity index is 663. The first-order valence-electron chi connectivity index (χ1n) is 7.50. The monoisotopic (exact) mass is 287 g/mol. The Morgan fingerprint density at radius 1 is 1.43 bits per heavy atom. The molecule has 2 aromatic rings. The first-order valence-corrected chi connectivity index (χ1v) is 7.50. The molecule has 1 aliphatic heterocycles. The Kier molecular flexibility index (Phi) is 3.68. The number of rotatable bonds is 4. The molecule has 5 nitrogen and oxygen atoms in total. The molecular formula is C16H21N3O2. The van der Waals surface area contributed by atoms with E-state index in [0.717, 1.165) is 36.2 Å². The largest absolute Gasteiger partial charge is 0.480 e. The Morgan fingerprint density at radius 3 is 2.90 bits per heavy atom. The number of hydrogen-bond acceptors (Lipinski definition) is 3. The summed E-state index contributed by atoms with van der Waals surface area (Å²) in [5, 5.41) is 9.09. The summed E-state index contributed by atoms with van der Waals surface area (Å²) in [6.45, 7) is 5.21. The van der Waals surface area contributed by atoms with Gasteiger partial charge in [-0.15, -0.1) is 0 Å². The molecule has 1 atom stereocenters. The van der Waals surface area contributed by atoms with Crippen molar-refractivity contribution in [3.05, 3.63) is 30.1 Å². The maximum Gasteiger partial charge on any atom is 0.317 e. The van der Waals surface area contributed by atoms with Crippen LogP contribution >= 0.6 is 0 Å². The molecule has 0 saturated carbocycles. The molecule has 1 aromatic heterocycles. The molecule has 1 fully saturated rings. The van der Waals surface area contributed by atoms with Gasteiger partial charge in [-0.1, -0.05) is 12.1 Å². The molecule has 5 heteroatoms. The predicted octanol–water partition coefficient (Wildman–Crippen LogP) is 2.84. The summed E-state index contributed by atoms with van der Waals surface area (Å²) in [4.78, 5) is 17.9. The maximum absolute atomic E-state index is 11.1. The van der Waals surface area contributed by atoms with Crippen molar-refractivity contribution in [1.82, 2.24) is 14.5 Å². The van der Waals surface area contributed by atoms with Crippen molar-refractivity contribution in [1.29, 1.82) is 0 Å². The molecule has 0 spiro atoms. The number of aliphatic carboxylic acids is 1. The number of fused-ring (bicyclic) bond motifs is 1. The van der Waals surface area contributed by atoms with Crippen molar-refractivity contribution in [3.8, 4) is 0 Å². The van der Waals surface area contributed by atoms with E-state index < -0.39 is 5.97 Å². The lowest BCUT2D eigenvalue weighted by Gasteiger charge is -2.24. The average molecular weight is 287 g/mol. The molecule has 1 aromatic carbocycles. The number of imidazole rings is 1. The third kappa shape index (κ3) is 2.53. The third-order valence-electron chi connectivity index (χ3n) is 4.14. The quantitative estimate of drug-likeness (QED) is 0.939. The van der Waals surface area contributed by atoms with Gasteiger partial charge in [-0.3, -0.25) is 9.69 Å². The highest BCUT2D eigenvalue weighted by Crippen LogP contribution is 2.34. The number of nitrogens with zero attached hydrogens (tertiary/aromatic N) is 3. The van der Waals surface area contributed by atoms with E-state index >= 15 is 0 Å². The fraction of sp³-hybridized carbons (Fsp3) is 0.500. The average Bonchev–Trinajstić information content (AvgIpc) is 3.00. The van der Waals surface area contributed by atoms with Gasteiger partial charge in [0.15, 0.2) is 0 Å². The summed E-state index contributed by atoms with van der Waals surface area (Å²) < 4.78 is 2.25. The van der Waals surface area contributed by atoms with Crippen LogP contribution in [0.4, 0.5) is 0 Å². The summed E-state index contributed by atoms with van der Waals surface area (Å²) in [7, 11) is 0. The molecule has 21 heavy (non-hydrogen) atoms. The summed E-state index contributed by atoms with van der Waals surface area (Å²) in [5.41, 5.74) is 2.12. The van der Waals surface area contributed by atoms with Crippen LogP contribution in [0.2, 0.25) is 0 Å². The Balaban J connectivity index is 2.06. The molecule has 0 amide bonds. The maximum atomic E-state index is 11.1. The lowest BCUT2D eigenvalue weighted by Crippen LogP contribution is -2.31. The molecule has 112 valence electrons. The van der Waals surface area contributed by atoms with Gasteiger partial charge in [-0.25, -0.2) is 4.98 Å². The van der Waals surface area contributed by atoms with E-state index in [1.54, 1.807) is 0 Å². The zero-order valence-corrected chi connectivity index (χ0v) is 12.5. The minimum atomic E-state index is -0.769. The molecule has 0 radical (unpaired) electrons. The van der Waals surface area contributed by atoms with Gasteiger partial charge in [0.1, 0.15) is 5.82 Å². The zero-order valence-electron chi connectivity index (χ0n) is 12.5. The van der Waals surface area contributed by atoms with Crippen LogP contribution in [0, 0.1) is 0 Å². The number of carboxylic acids is 1. The number of para-hydroxylation sites is 2. The highest BCUT2D eigenvalue weighted by molar-refractivity contribution is 5.76. The van der Waals surface area contributed by atoms with Gasteiger partial charge in [0.05, 0.1) is 23.6 Å². The number of benzene rings is 1. The van der Waals surface area contributed by atoms with E-state index in [4.69, 9.17) is 10.1 Å². The summed E-state index contributed by atoms with van der Waals surface area (Å²) in [6.07, 6.45) is 2.00. The second kappa shape index (κ2) is 5.48. The van der Waals surface area contributed by atoms with E-state index in [1.807, 2.05) is 23.1 Å². The van der Waals surface area contributed by atoms with Gasteiger partial charge >= 0.3 is 5.97 Å². The lowest BCUT2D eigenvalue weighted by molar-refractivity contribution is -0.138. The summed E-state index contributed by atoms with van der Waals surface area (Å²) in [6, 6.07) is 8.54. The van der Waals surface area contributed by atoms with Crippen LogP contribution in [0.5, 0.6) is 0 Å². The highest BCUT2D eigenvalue weighted by atomic mass is 16.4. The molecule has 1 aliphatic rings. The van der Waals surface area contributed by atoms with E-state index in [1.165, 1.54) is 0 Å². The van der Waals surface area contributed by atoms with Crippen LogP contribution in [0.25, 0.3) is 11.0 Å². The van der Waals surface area contributed by atoms with Crippen LogP contribution < -0.4 is 0 Å². The Hall–Kier alpha value is -1.88. The number of likely N-dealkylation sites (tertiary alicyclic amines) is 1. The number of carboxylic acid groups (broad SMARTS) is 1. The molecular weight excluding hydrogens is 266 g/mol. The smallest absolute Gasteiger partial charge is 0.317 e. The fourth-order valence-electron chi connectivity index (χ4n) is 3.32. The molecule has 1 saturated heterocycles. The van der Waals surface area contributed by atoms with Crippen molar-refractivity contribution >= 4 is 17.0 Å². The number of hydrogen-bond donors (Lipinski definition) is 1. The van der Waals surface area contributed by atoms with Crippen LogP contribution in [0.1, 0.15) is 44.6 Å². The minimum Gasteiger partial charge on any atom is -0.480 e. The molecule has 0 aliphatic carbocycles. The highest BCUT2D eigenvalue weighted by Gasteiger charge is 2.32. The van der Waals surface area contributed by atoms with Crippen LogP contribution in [-0.4, -0.2) is 38.6 Å². The van der Waals surface area contributed by atoms with Gasteiger partial charge < -0.3 is 9.67 Å². The SMILES string of the molecule is CC(C)n1c(C2CCCN2CC(=O)O)nc2ccccc21. The summed E-state index contributed by atoms with van der Waals surface area (Å²) >= 11 is 0. The van der Waals surface area contributed by atoms with Crippen molar-refractivity contribution in [3.63, 3.8) is 0 Å². The molecule has 0 bridgehead atoms. The molecule has 1 unspecified atom stereocenters. The number of carbonyl (C=O) groups is 1. The van der Waals surface area contributed by atoms with Crippen molar-refractivity contribution < 1.29 is 9.90 Å². The zero-order chi connectivity index (χ0) is 15.0. The molecule has 2 heterocycles.